The van der Waals surface area contributed by atoms with Crippen LogP contribution in [0.4, 0.5) is 8.78 Å². The van der Waals surface area contributed by atoms with E-state index in [4.69, 9.17) is 0 Å². The number of hydrogen-bond donors (Lipinski definition) is 2. The molecule has 2 bridgehead atoms. The zero-order chi connectivity index (χ0) is 13.5. The highest BCUT2D eigenvalue weighted by molar-refractivity contribution is 5.39. The Balaban J connectivity index is 1.92. The van der Waals surface area contributed by atoms with E-state index in [-0.39, 0.29) is 17.8 Å². The second-order valence-electron chi connectivity index (χ2n) is 5.45. The fourth-order valence-electron chi connectivity index (χ4n) is 3.39. The van der Waals surface area contributed by atoms with Crippen molar-refractivity contribution in [2.45, 2.75) is 50.0 Å². The predicted molar refractivity (Wildman–Crippen MR) is 66.2 cm³/mol. The summed E-state index contributed by atoms with van der Waals surface area (Å²) in [5.41, 5.74) is -0.587. The molecule has 3 nitrogen and oxygen atoms in total. The zero-order valence-electron chi connectivity index (χ0n) is 10.5. The molecule has 2 atom stereocenters. The van der Waals surface area contributed by atoms with Gasteiger partial charge in [0.1, 0.15) is 5.75 Å². The first-order valence-electron chi connectivity index (χ1n) is 6.59. The SMILES string of the molecule is OC1(c2ccccc2OC(F)F)CC2CCC(C1)N2. The van der Waals surface area contributed by atoms with Crippen LogP contribution in [-0.4, -0.2) is 23.8 Å². The Morgan fingerprint density at radius 1 is 1.21 bits per heavy atom. The molecule has 2 aliphatic heterocycles. The molecule has 2 aliphatic rings. The van der Waals surface area contributed by atoms with Crippen LogP contribution in [0.1, 0.15) is 31.2 Å². The molecule has 0 aliphatic carbocycles. The first-order chi connectivity index (χ1) is 9.07. The van der Waals surface area contributed by atoms with Gasteiger partial charge in [0.05, 0.1) is 5.60 Å². The standard InChI is InChI=1S/C14H17F2NO2/c15-13(16)19-12-4-2-1-3-11(12)14(18)7-9-5-6-10(8-14)17-9/h1-4,9-10,13,17-18H,5-8H2. The van der Waals surface area contributed by atoms with Crippen molar-refractivity contribution in [2.75, 3.05) is 0 Å². The lowest BCUT2D eigenvalue weighted by atomic mass is 9.81. The first-order valence-corrected chi connectivity index (χ1v) is 6.59. The Morgan fingerprint density at radius 3 is 2.47 bits per heavy atom. The zero-order valence-corrected chi connectivity index (χ0v) is 10.5. The molecule has 1 aromatic carbocycles. The molecule has 5 heteroatoms. The van der Waals surface area contributed by atoms with E-state index in [9.17, 15) is 13.9 Å². The van der Waals surface area contributed by atoms with Crippen molar-refractivity contribution in [3.05, 3.63) is 29.8 Å². The maximum Gasteiger partial charge on any atom is 0.387 e. The van der Waals surface area contributed by atoms with Crippen LogP contribution in [0.5, 0.6) is 5.75 Å². The third-order valence-corrected chi connectivity index (χ3v) is 4.11. The average molecular weight is 269 g/mol. The number of para-hydroxylation sites is 1. The molecule has 2 heterocycles. The van der Waals surface area contributed by atoms with Crippen LogP contribution in [-0.2, 0) is 5.60 Å². The van der Waals surface area contributed by atoms with Crippen LogP contribution < -0.4 is 10.1 Å². The largest absolute Gasteiger partial charge is 0.434 e. The van der Waals surface area contributed by atoms with E-state index in [1.54, 1.807) is 18.2 Å². The molecule has 2 fully saturated rings. The summed E-state index contributed by atoms with van der Waals surface area (Å²) in [4.78, 5) is 0. The Bertz CT molecular complexity index is 455. The van der Waals surface area contributed by atoms with Crippen LogP contribution in [0.3, 0.4) is 0 Å². The average Bonchev–Trinajstić information content (AvgIpc) is 2.69. The summed E-state index contributed by atoms with van der Waals surface area (Å²) in [6.45, 7) is -2.87. The molecule has 2 unspecified atom stereocenters. The molecule has 3 rings (SSSR count). The number of aliphatic hydroxyl groups is 1. The van der Waals surface area contributed by atoms with Gasteiger partial charge in [0.15, 0.2) is 0 Å². The number of piperidine rings is 1. The lowest BCUT2D eigenvalue weighted by Crippen LogP contribution is -2.46. The number of rotatable bonds is 3. The fourth-order valence-corrected chi connectivity index (χ4v) is 3.39. The highest BCUT2D eigenvalue weighted by Crippen LogP contribution is 2.43. The van der Waals surface area contributed by atoms with Gasteiger partial charge in [-0.1, -0.05) is 18.2 Å². The van der Waals surface area contributed by atoms with Crippen LogP contribution >= 0.6 is 0 Å². The molecule has 104 valence electrons. The van der Waals surface area contributed by atoms with Crippen molar-refractivity contribution in [1.82, 2.24) is 5.32 Å². The molecule has 0 aromatic heterocycles. The van der Waals surface area contributed by atoms with Crippen molar-refractivity contribution < 1.29 is 18.6 Å². The van der Waals surface area contributed by atoms with Crippen molar-refractivity contribution in [1.29, 1.82) is 0 Å². The van der Waals surface area contributed by atoms with Crippen LogP contribution in [0, 0.1) is 0 Å². The quantitative estimate of drug-likeness (QED) is 0.885. The van der Waals surface area contributed by atoms with E-state index >= 15 is 0 Å². The Labute approximate surface area is 110 Å². The van der Waals surface area contributed by atoms with Gasteiger partial charge in [-0.15, -0.1) is 0 Å². The summed E-state index contributed by atoms with van der Waals surface area (Å²) < 4.78 is 29.4. The van der Waals surface area contributed by atoms with Gasteiger partial charge in [-0.3, -0.25) is 0 Å². The van der Waals surface area contributed by atoms with Gasteiger partial charge in [0, 0.05) is 17.6 Å². The third kappa shape index (κ3) is 2.44. The van der Waals surface area contributed by atoms with E-state index in [1.165, 1.54) is 6.07 Å². The number of hydrogen-bond acceptors (Lipinski definition) is 3. The molecule has 0 amide bonds. The monoisotopic (exact) mass is 269 g/mol. The lowest BCUT2D eigenvalue weighted by Gasteiger charge is -2.38. The highest BCUT2D eigenvalue weighted by atomic mass is 19.3. The number of benzene rings is 1. The fraction of sp³-hybridized carbons (Fsp3) is 0.571. The molecule has 0 spiro atoms. The molecule has 19 heavy (non-hydrogen) atoms. The molecule has 0 radical (unpaired) electrons. The Morgan fingerprint density at radius 2 is 1.84 bits per heavy atom. The second kappa shape index (κ2) is 4.72. The number of nitrogens with one attached hydrogen (secondary N) is 1. The van der Waals surface area contributed by atoms with E-state index in [1.807, 2.05) is 0 Å². The summed E-state index contributed by atoms with van der Waals surface area (Å²) in [5, 5.41) is 14.3. The molecule has 2 saturated heterocycles. The van der Waals surface area contributed by atoms with Crippen molar-refractivity contribution in [2.24, 2.45) is 0 Å². The van der Waals surface area contributed by atoms with Crippen molar-refractivity contribution in [3.8, 4) is 5.75 Å². The summed E-state index contributed by atoms with van der Waals surface area (Å²) in [6.07, 6.45) is 3.16. The predicted octanol–water partition coefficient (Wildman–Crippen LogP) is 2.39. The number of halogens is 2. The van der Waals surface area contributed by atoms with Crippen molar-refractivity contribution in [3.63, 3.8) is 0 Å². The summed E-state index contributed by atoms with van der Waals surface area (Å²) in [6, 6.07) is 7.09. The minimum absolute atomic E-state index is 0.0845. The molecular formula is C14H17F2NO2. The maximum atomic E-state index is 12.4. The maximum absolute atomic E-state index is 12.4. The summed E-state index contributed by atoms with van der Waals surface area (Å²) >= 11 is 0. The number of ether oxygens (including phenoxy) is 1. The summed E-state index contributed by atoms with van der Waals surface area (Å²) in [7, 11) is 0. The van der Waals surface area contributed by atoms with Gasteiger partial charge >= 0.3 is 6.61 Å². The van der Waals surface area contributed by atoms with Crippen LogP contribution in [0.15, 0.2) is 24.3 Å². The van der Waals surface area contributed by atoms with E-state index in [0.717, 1.165) is 12.8 Å². The van der Waals surface area contributed by atoms with Gasteiger partial charge in [-0.2, -0.15) is 8.78 Å². The topological polar surface area (TPSA) is 41.5 Å². The Kier molecular flexibility index (Phi) is 3.19. The number of fused-ring (bicyclic) bond motifs is 2. The second-order valence-corrected chi connectivity index (χ2v) is 5.45. The highest BCUT2D eigenvalue weighted by Gasteiger charge is 2.44. The molecule has 1 aromatic rings. The minimum Gasteiger partial charge on any atom is -0.434 e. The number of alkyl halides is 2. The van der Waals surface area contributed by atoms with Crippen LogP contribution in [0.2, 0.25) is 0 Å². The van der Waals surface area contributed by atoms with Gasteiger partial charge in [-0.25, -0.2) is 0 Å². The smallest absolute Gasteiger partial charge is 0.387 e. The van der Waals surface area contributed by atoms with Crippen LogP contribution in [0.25, 0.3) is 0 Å². The van der Waals surface area contributed by atoms with Crippen molar-refractivity contribution >= 4 is 0 Å². The van der Waals surface area contributed by atoms with E-state index in [2.05, 4.69) is 10.1 Å². The molecule has 0 saturated carbocycles. The minimum atomic E-state index is -2.87. The molecule has 2 N–H and O–H groups in total. The van der Waals surface area contributed by atoms with Gasteiger partial charge < -0.3 is 15.2 Å². The molecular weight excluding hydrogens is 252 g/mol. The normalized spacial score (nSPS) is 33.7. The summed E-state index contributed by atoms with van der Waals surface area (Å²) in [5.74, 6) is 0.0845. The first kappa shape index (κ1) is 12.8. The van der Waals surface area contributed by atoms with Gasteiger partial charge in [0.2, 0.25) is 0 Å². The lowest BCUT2D eigenvalue weighted by molar-refractivity contribution is -0.0583. The van der Waals surface area contributed by atoms with E-state index < -0.39 is 12.2 Å². The Hall–Kier alpha value is -1.20. The van der Waals surface area contributed by atoms with Gasteiger partial charge in [-0.05, 0) is 31.7 Å². The van der Waals surface area contributed by atoms with Gasteiger partial charge in [0.25, 0.3) is 0 Å². The third-order valence-electron chi connectivity index (χ3n) is 4.11. The van der Waals surface area contributed by atoms with E-state index in [0.29, 0.717) is 18.4 Å².